The third-order valence-corrected chi connectivity index (χ3v) is 3.40. The van der Waals surface area contributed by atoms with Crippen molar-refractivity contribution in [2.45, 2.75) is 38.8 Å². The monoisotopic (exact) mass is 257 g/mol. The summed E-state index contributed by atoms with van der Waals surface area (Å²) >= 11 is 1.53. The average Bonchev–Trinajstić information content (AvgIpc) is 2.63. The van der Waals surface area contributed by atoms with Crippen molar-refractivity contribution < 1.29 is 15.0 Å². The minimum Gasteiger partial charge on any atom is -0.481 e. The molecule has 0 aliphatic heterocycles. The molecule has 0 saturated carbocycles. The van der Waals surface area contributed by atoms with E-state index in [0.717, 1.165) is 35.7 Å². The summed E-state index contributed by atoms with van der Waals surface area (Å²) in [5.41, 5.74) is 0. The summed E-state index contributed by atoms with van der Waals surface area (Å²) in [5, 5.41) is 21.0. The van der Waals surface area contributed by atoms with E-state index in [1.165, 1.54) is 11.3 Å². The second-order valence-electron chi connectivity index (χ2n) is 4.11. The van der Waals surface area contributed by atoms with Crippen LogP contribution in [0.5, 0.6) is 0 Å². The number of hydrogen-bond donors (Lipinski definition) is 3. The normalized spacial score (nSPS) is 12.6. The van der Waals surface area contributed by atoms with Gasteiger partial charge in [-0.25, -0.2) is 0 Å². The highest BCUT2D eigenvalue weighted by Crippen LogP contribution is 2.16. The highest BCUT2D eigenvalue weighted by Gasteiger charge is 2.04. The lowest BCUT2D eigenvalue weighted by atomic mass is 10.2. The van der Waals surface area contributed by atoms with Crippen molar-refractivity contribution in [1.82, 2.24) is 5.32 Å². The molecule has 0 aliphatic rings. The van der Waals surface area contributed by atoms with Gasteiger partial charge in [-0.3, -0.25) is 4.79 Å². The molecule has 1 heterocycles. The topological polar surface area (TPSA) is 69.6 Å². The molecule has 5 heteroatoms. The predicted octanol–water partition coefficient (Wildman–Crippen LogP) is 1.63. The number of thiophene rings is 1. The Morgan fingerprint density at radius 1 is 1.47 bits per heavy atom. The zero-order valence-corrected chi connectivity index (χ0v) is 10.8. The van der Waals surface area contributed by atoms with Crippen LogP contribution >= 0.6 is 11.3 Å². The fourth-order valence-electron chi connectivity index (χ4n) is 1.50. The quantitative estimate of drug-likeness (QED) is 0.619. The van der Waals surface area contributed by atoms with Crippen LogP contribution < -0.4 is 5.32 Å². The van der Waals surface area contributed by atoms with Crippen molar-refractivity contribution >= 4 is 17.3 Å². The van der Waals surface area contributed by atoms with Crippen LogP contribution in [0.2, 0.25) is 0 Å². The van der Waals surface area contributed by atoms with Gasteiger partial charge >= 0.3 is 5.97 Å². The Bertz CT molecular complexity index is 349. The molecule has 0 radical (unpaired) electrons. The molecule has 0 aromatic carbocycles. The lowest BCUT2D eigenvalue weighted by molar-refractivity contribution is -0.136. The summed E-state index contributed by atoms with van der Waals surface area (Å²) < 4.78 is 0. The number of rotatable bonds is 8. The van der Waals surface area contributed by atoms with Gasteiger partial charge in [-0.1, -0.05) is 0 Å². The first-order valence-corrected chi connectivity index (χ1v) is 6.57. The summed E-state index contributed by atoms with van der Waals surface area (Å²) in [6, 6.07) is 3.83. The Morgan fingerprint density at radius 2 is 2.18 bits per heavy atom. The number of carbonyl (C=O) groups is 1. The van der Waals surface area contributed by atoms with Crippen LogP contribution in [-0.2, 0) is 17.8 Å². The molecule has 1 aromatic heterocycles. The van der Waals surface area contributed by atoms with Crippen molar-refractivity contribution in [1.29, 1.82) is 0 Å². The molecule has 0 fully saturated rings. The van der Waals surface area contributed by atoms with Crippen LogP contribution in [0.3, 0.4) is 0 Å². The van der Waals surface area contributed by atoms with Gasteiger partial charge in [0.2, 0.25) is 0 Å². The molecule has 96 valence electrons. The SMILES string of the molecule is CC(O)CCCNCc1ccc(CC(=O)O)s1. The molecular formula is C12H19NO3S. The first-order valence-electron chi connectivity index (χ1n) is 5.76. The lowest BCUT2D eigenvalue weighted by Crippen LogP contribution is -2.15. The van der Waals surface area contributed by atoms with E-state index < -0.39 is 5.97 Å². The summed E-state index contributed by atoms with van der Waals surface area (Å²) in [6.45, 7) is 3.43. The van der Waals surface area contributed by atoms with Crippen LogP contribution in [-0.4, -0.2) is 28.8 Å². The predicted molar refractivity (Wildman–Crippen MR) is 68.3 cm³/mol. The Hall–Kier alpha value is -0.910. The number of nitrogens with one attached hydrogen (secondary N) is 1. The van der Waals surface area contributed by atoms with Crippen molar-refractivity contribution in [3.8, 4) is 0 Å². The highest BCUT2D eigenvalue weighted by molar-refractivity contribution is 7.12. The Kier molecular flexibility index (Phi) is 6.18. The molecule has 0 amide bonds. The molecule has 0 bridgehead atoms. The van der Waals surface area contributed by atoms with Gasteiger partial charge in [0, 0.05) is 16.3 Å². The van der Waals surface area contributed by atoms with Gasteiger partial charge in [-0.15, -0.1) is 11.3 Å². The third-order valence-electron chi connectivity index (χ3n) is 2.32. The van der Waals surface area contributed by atoms with Gasteiger partial charge in [0.25, 0.3) is 0 Å². The van der Waals surface area contributed by atoms with Crippen molar-refractivity contribution in [2.75, 3.05) is 6.54 Å². The first kappa shape index (κ1) is 14.2. The zero-order valence-electron chi connectivity index (χ0n) is 9.98. The van der Waals surface area contributed by atoms with E-state index >= 15 is 0 Å². The molecule has 1 rings (SSSR count). The van der Waals surface area contributed by atoms with Crippen LogP contribution in [0.4, 0.5) is 0 Å². The Balaban J connectivity index is 2.18. The molecule has 0 aliphatic carbocycles. The molecule has 1 unspecified atom stereocenters. The third kappa shape index (κ3) is 6.41. The Labute approximate surface area is 105 Å². The van der Waals surface area contributed by atoms with E-state index in [-0.39, 0.29) is 12.5 Å². The molecule has 17 heavy (non-hydrogen) atoms. The fourth-order valence-corrected chi connectivity index (χ4v) is 2.47. The fraction of sp³-hybridized carbons (Fsp3) is 0.583. The van der Waals surface area contributed by atoms with E-state index in [0.29, 0.717) is 0 Å². The van der Waals surface area contributed by atoms with Crippen LogP contribution in [0.15, 0.2) is 12.1 Å². The summed E-state index contributed by atoms with van der Waals surface area (Å²) in [4.78, 5) is 12.5. The van der Waals surface area contributed by atoms with Gasteiger partial charge in [0.05, 0.1) is 12.5 Å². The van der Waals surface area contributed by atoms with E-state index in [4.69, 9.17) is 10.2 Å². The average molecular weight is 257 g/mol. The number of hydrogen-bond acceptors (Lipinski definition) is 4. The maximum atomic E-state index is 10.5. The van der Waals surface area contributed by atoms with E-state index in [1.807, 2.05) is 12.1 Å². The van der Waals surface area contributed by atoms with E-state index in [2.05, 4.69) is 5.32 Å². The highest BCUT2D eigenvalue weighted by atomic mass is 32.1. The zero-order chi connectivity index (χ0) is 12.7. The van der Waals surface area contributed by atoms with Gasteiger partial charge < -0.3 is 15.5 Å². The molecule has 0 spiro atoms. The van der Waals surface area contributed by atoms with E-state index in [9.17, 15) is 4.79 Å². The number of aliphatic hydroxyl groups is 1. The number of aliphatic hydroxyl groups excluding tert-OH is 1. The Morgan fingerprint density at radius 3 is 2.82 bits per heavy atom. The summed E-state index contributed by atoms with van der Waals surface area (Å²) in [7, 11) is 0. The van der Waals surface area contributed by atoms with Crippen LogP contribution in [0.1, 0.15) is 29.5 Å². The number of carboxylic acid groups (broad SMARTS) is 1. The minimum absolute atomic E-state index is 0.104. The summed E-state index contributed by atoms with van der Waals surface area (Å²) in [5.74, 6) is -0.789. The van der Waals surface area contributed by atoms with Crippen LogP contribution in [0.25, 0.3) is 0 Å². The minimum atomic E-state index is -0.789. The number of aliphatic carboxylic acids is 1. The molecular weight excluding hydrogens is 238 g/mol. The molecule has 3 N–H and O–H groups in total. The second-order valence-corrected chi connectivity index (χ2v) is 5.36. The lowest BCUT2D eigenvalue weighted by Gasteiger charge is -2.04. The van der Waals surface area contributed by atoms with Gasteiger partial charge in [-0.05, 0) is 38.4 Å². The molecule has 4 nitrogen and oxygen atoms in total. The molecule has 1 aromatic rings. The second kappa shape index (κ2) is 7.42. The summed E-state index contributed by atoms with van der Waals surface area (Å²) in [6.07, 6.45) is 1.63. The van der Waals surface area contributed by atoms with Crippen molar-refractivity contribution in [3.05, 3.63) is 21.9 Å². The first-order chi connectivity index (χ1) is 8.08. The number of carboxylic acids is 1. The molecule has 0 saturated heterocycles. The smallest absolute Gasteiger partial charge is 0.308 e. The largest absolute Gasteiger partial charge is 0.481 e. The van der Waals surface area contributed by atoms with Crippen LogP contribution in [0, 0.1) is 0 Å². The van der Waals surface area contributed by atoms with Gasteiger partial charge in [0.1, 0.15) is 0 Å². The van der Waals surface area contributed by atoms with Gasteiger partial charge in [0.15, 0.2) is 0 Å². The van der Waals surface area contributed by atoms with E-state index in [1.54, 1.807) is 6.92 Å². The van der Waals surface area contributed by atoms with Gasteiger partial charge in [-0.2, -0.15) is 0 Å². The molecule has 1 atom stereocenters. The van der Waals surface area contributed by atoms with Crippen molar-refractivity contribution in [3.63, 3.8) is 0 Å². The maximum absolute atomic E-state index is 10.5. The standard InChI is InChI=1S/C12H19NO3S/c1-9(14)3-2-6-13-8-11-5-4-10(17-11)7-12(15)16/h4-5,9,13-14H,2-3,6-8H2,1H3,(H,15,16). The maximum Gasteiger partial charge on any atom is 0.308 e. The van der Waals surface area contributed by atoms with Crippen molar-refractivity contribution in [2.24, 2.45) is 0 Å².